The molecule has 4 N–H and O–H groups in total. The van der Waals surface area contributed by atoms with Gasteiger partial charge in [-0.1, -0.05) is 6.42 Å². The molecule has 5 heteroatoms. The van der Waals surface area contributed by atoms with Gasteiger partial charge in [0.15, 0.2) is 0 Å². The van der Waals surface area contributed by atoms with Crippen molar-refractivity contribution in [1.29, 1.82) is 0 Å². The zero-order valence-electron chi connectivity index (χ0n) is 8.74. The number of hydrogen-bond donors (Lipinski definition) is 3. The number of rotatable bonds is 3. The Hall–Kier alpha value is -1.36. The molecule has 2 heterocycles. The average molecular weight is 207 g/mol. The summed E-state index contributed by atoms with van der Waals surface area (Å²) in [6.45, 7) is 2.03. The maximum absolute atomic E-state index is 5.45. The largest absolute Gasteiger partial charge is 0.382 e. The maximum atomic E-state index is 5.45. The zero-order chi connectivity index (χ0) is 10.5. The summed E-state index contributed by atoms with van der Waals surface area (Å²) in [6.07, 6.45) is 3.83. The van der Waals surface area contributed by atoms with Crippen LogP contribution in [0.3, 0.4) is 0 Å². The third kappa shape index (κ3) is 3.06. The Balaban J connectivity index is 1.79. The summed E-state index contributed by atoms with van der Waals surface area (Å²) >= 11 is 0. The highest BCUT2D eigenvalue weighted by molar-refractivity contribution is 5.38. The van der Waals surface area contributed by atoms with Crippen molar-refractivity contribution in [2.45, 2.75) is 25.3 Å². The van der Waals surface area contributed by atoms with Crippen LogP contribution in [0.5, 0.6) is 0 Å². The van der Waals surface area contributed by atoms with Crippen molar-refractivity contribution in [3.8, 4) is 0 Å². The fourth-order valence-electron chi connectivity index (χ4n) is 1.76. The summed E-state index contributed by atoms with van der Waals surface area (Å²) in [4.78, 5) is 0. The minimum Gasteiger partial charge on any atom is -0.382 e. The minimum atomic E-state index is 0.455. The molecule has 1 saturated heterocycles. The second-order valence-electron chi connectivity index (χ2n) is 3.87. The SMILES string of the molecule is Nc1ccc(NCC2CCCCN2)nn1. The van der Waals surface area contributed by atoms with Gasteiger partial charge in [0, 0.05) is 12.6 Å². The van der Waals surface area contributed by atoms with Gasteiger partial charge in [0.2, 0.25) is 0 Å². The van der Waals surface area contributed by atoms with E-state index in [1.165, 1.54) is 19.3 Å². The number of nitrogen functional groups attached to an aromatic ring is 1. The van der Waals surface area contributed by atoms with E-state index in [0.717, 1.165) is 18.9 Å². The molecule has 1 atom stereocenters. The van der Waals surface area contributed by atoms with Crippen molar-refractivity contribution >= 4 is 11.6 Å². The normalized spacial score (nSPS) is 21.2. The molecular formula is C10H17N5. The molecule has 1 aromatic rings. The second-order valence-corrected chi connectivity index (χ2v) is 3.87. The Morgan fingerprint density at radius 3 is 3.00 bits per heavy atom. The van der Waals surface area contributed by atoms with Crippen LogP contribution in [0.2, 0.25) is 0 Å². The molecule has 0 amide bonds. The predicted molar refractivity (Wildman–Crippen MR) is 60.6 cm³/mol. The van der Waals surface area contributed by atoms with Crippen LogP contribution in [-0.2, 0) is 0 Å². The molecule has 82 valence electrons. The fourth-order valence-corrected chi connectivity index (χ4v) is 1.76. The first-order valence-corrected chi connectivity index (χ1v) is 5.41. The van der Waals surface area contributed by atoms with Crippen LogP contribution in [-0.4, -0.2) is 29.3 Å². The number of nitrogens with zero attached hydrogens (tertiary/aromatic N) is 2. The maximum Gasteiger partial charge on any atom is 0.148 e. The Kier molecular flexibility index (Phi) is 3.34. The summed E-state index contributed by atoms with van der Waals surface area (Å²) in [5.74, 6) is 1.24. The van der Waals surface area contributed by atoms with Crippen LogP contribution in [0.4, 0.5) is 11.6 Å². The number of anilines is 2. The van der Waals surface area contributed by atoms with Crippen LogP contribution in [0.25, 0.3) is 0 Å². The molecule has 0 radical (unpaired) electrons. The van der Waals surface area contributed by atoms with Gasteiger partial charge in [-0.2, -0.15) is 0 Å². The first kappa shape index (κ1) is 10.2. The van der Waals surface area contributed by atoms with E-state index in [0.29, 0.717) is 11.9 Å². The van der Waals surface area contributed by atoms with Crippen molar-refractivity contribution in [1.82, 2.24) is 15.5 Å². The van der Waals surface area contributed by atoms with Crippen molar-refractivity contribution in [3.05, 3.63) is 12.1 Å². The van der Waals surface area contributed by atoms with Gasteiger partial charge in [-0.15, -0.1) is 10.2 Å². The predicted octanol–water partition coefficient (Wildman–Crippen LogP) is 0.613. The third-order valence-corrected chi connectivity index (χ3v) is 2.63. The molecule has 1 unspecified atom stereocenters. The summed E-state index contributed by atoms with van der Waals surface area (Å²) in [5.41, 5.74) is 5.45. The molecule has 1 fully saturated rings. The number of nitrogens with two attached hydrogens (primary N) is 1. The van der Waals surface area contributed by atoms with E-state index in [9.17, 15) is 0 Å². The van der Waals surface area contributed by atoms with Crippen LogP contribution < -0.4 is 16.4 Å². The molecule has 1 aromatic heterocycles. The highest BCUT2D eigenvalue weighted by atomic mass is 15.2. The quantitative estimate of drug-likeness (QED) is 0.677. The molecule has 0 aliphatic carbocycles. The summed E-state index contributed by atoms with van der Waals surface area (Å²) in [5, 5.41) is 14.5. The number of aromatic nitrogens is 2. The van der Waals surface area contributed by atoms with Crippen molar-refractivity contribution < 1.29 is 0 Å². The van der Waals surface area contributed by atoms with Gasteiger partial charge in [0.05, 0.1) is 0 Å². The molecule has 0 spiro atoms. The van der Waals surface area contributed by atoms with Gasteiger partial charge in [0.25, 0.3) is 0 Å². The van der Waals surface area contributed by atoms with Gasteiger partial charge >= 0.3 is 0 Å². The lowest BCUT2D eigenvalue weighted by Gasteiger charge is -2.23. The van der Waals surface area contributed by atoms with E-state index in [2.05, 4.69) is 20.8 Å². The Morgan fingerprint density at radius 1 is 1.40 bits per heavy atom. The van der Waals surface area contributed by atoms with E-state index >= 15 is 0 Å². The second kappa shape index (κ2) is 4.93. The summed E-state index contributed by atoms with van der Waals surface area (Å²) in [7, 11) is 0. The van der Waals surface area contributed by atoms with Gasteiger partial charge in [-0.3, -0.25) is 0 Å². The Labute approximate surface area is 89.5 Å². The molecule has 0 saturated carbocycles. The molecule has 15 heavy (non-hydrogen) atoms. The number of hydrogen-bond acceptors (Lipinski definition) is 5. The van der Waals surface area contributed by atoms with Gasteiger partial charge in [-0.05, 0) is 31.5 Å². The highest BCUT2D eigenvalue weighted by Gasteiger charge is 2.11. The summed E-state index contributed by atoms with van der Waals surface area (Å²) in [6, 6.07) is 4.16. The smallest absolute Gasteiger partial charge is 0.148 e. The molecule has 1 aliphatic heterocycles. The van der Waals surface area contributed by atoms with Crippen LogP contribution in [0.1, 0.15) is 19.3 Å². The van der Waals surface area contributed by atoms with E-state index in [4.69, 9.17) is 5.73 Å². The molecule has 2 rings (SSSR count). The van der Waals surface area contributed by atoms with E-state index in [1.807, 2.05) is 6.07 Å². The van der Waals surface area contributed by atoms with Crippen LogP contribution in [0, 0.1) is 0 Å². The van der Waals surface area contributed by atoms with Crippen LogP contribution in [0.15, 0.2) is 12.1 Å². The highest BCUT2D eigenvalue weighted by Crippen LogP contribution is 2.08. The van der Waals surface area contributed by atoms with E-state index < -0.39 is 0 Å². The molecule has 0 bridgehead atoms. The fraction of sp³-hybridized carbons (Fsp3) is 0.600. The lowest BCUT2D eigenvalue weighted by atomic mass is 10.1. The van der Waals surface area contributed by atoms with E-state index in [1.54, 1.807) is 6.07 Å². The topological polar surface area (TPSA) is 75.9 Å². The molecule has 1 aliphatic rings. The Bertz CT molecular complexity index is 291. The van der Waals surface area contributed by atoms with Gasteiger partial charge in [-0.25, -0.2) is 0 Å². The molecule has 0 aromatic carbocycles. The molecule has 5 nitrogen and oxygen atoms in total. The standard InChI is InChI=1S/C10H17N5/c11-9-4-5-10(15-14-9)13-7-8-3-1-2-6-12-8/h4-5,8,12H,1-3,6-7H2,(H2,11,14)(H,13,15). The first-order valence-electron chi connectivity index (χ1n) is 5.41. The third-order valence-electron chi connectivity index (χ3n) is 2.63. The van der Waals surface area contributed by atoms with E-state index in [-0.39, 0.29) is 0 Å². The number of nitrogens with one attached hydrogen (secondary N) is 2. The first-order chi connectivity index (χ1) is 7.34. The van der Waals surface area contributed by atoms with Crippen molar-refractivity contribution in [2.75, 3.05) is 24.1 Å². The minimum absolute atomic E-state index is 0.455. The Morgan fingerprint density at radius 2 is 2.33 bits per heavy atom. The monoisotopic (exact) mass is 207 g/mol. The van der Waals surface area contributed by atoms with Gasteiger partial charge in [0.1, 0.15) is 11.6 Å². The lowest BCUT2D eigenvalue weighted by molar-refractivity contribution is 0.414. The summed E-state index contributed by atoms with van der Waals surface area (Å²) < 4.78 is 0. The number of piperidine rings is 1. The van der Waals surface area contributed by atoms with Gasteiger partial charge < -0.3 is 16.4 Å². The zero-order valence-corrected chi connectivity index (χ0v) is 8.74. The van der Waals surface area contributed by atoms with Crippen molar-refractivity contribution in [3.63, 3.8) is 0 Å². The lowest BCUT2D eigenvalue weighted by Crippen LogP contribution is -2.39. The van der Waals surface area contributed by atoms with Crippen molar-refractivity contribution in [2.24, 2.45) is 0 Å². The molecular weight excluding hydrogens is 190 g/mol. The average Bonchev–Trinajstić information content (AvgIpc) is 2.30. The van der Waals surface area contributed by atoms with Crippen LogP contribution >= 0.6 is 0 Å².